The molecule has 0 bridgehead atoms. The van der Waals surface area contributed by atoms with Crippen LogP contribution in [0.5, 0.6) is 0 Å². The van der Waals surface area contributed by atoms with Gasteiger partial charge in [0.05, 0.1) is 5.70 Å². The van der Waals surface area contributed by atoms with Crippen molar-refractivity contribution in [2.75, 3.05) is 4.90 Å². The number of hydrogen-bond donors (Lipinski definition) is 0. The maximum atomic E-state index is 12.4. The number of benzene rings is 2. The smallest absolute Gasteiger partial charge is 0.263 e. The van der Waals surface area contributed by atoms with Gasteiger partial charge in [-0.25, -0.2) is 0 Å². The van der Waals surface area contributed by atoms with Crippen molar-refractivity contribution < 1.29 is 4.79 Å². The fraction of sp³-hybridized carbons (Fsp3) is 0.0625. The zero-order valence-electron chi connectivity index (χ0n) is 10.2. The summed E-state index contributed by atoms with van der Waals surface area (Å²) in [6.45, 7) is 6.03. The van der Waals surface area contributed by atoms with Crippen LogP contribution in [0.4, 0.5) is 5.69 Å². The van der Waals surface area contributed by atoms with E-state index < -0.39 is 0 Å². The molecule has 2 heteroatoms. The quantitative estimate of drug-likeness (QED) is 0.739. The molecule has 1 aliphatic heterocycles. The zero-order chi connectivity index (χ0) is 12.7. The summed E-state index contributed by atoms with van der Waals surface area (Å²) in [5.41, 5.74) is 4.37. The molecule has 0 unspecified atom stereocenters. The Kier molecular flexibility index (Phi) is 2.30. The van der Waals surface area contributed by atoms with Crippen LogP contribution in [0.2, 0.25) is 0 Å². The molecule has 0 fully saturated rings. The molecule has 0 saturated heterocycles. The fourth-order valence-electron chi connectivity index (χ4n) is 2.30. The van der Waals surface area contributed by atoms with Crippen molar-refractivity contribution in [1.29, 1.82) is 0 Å². The monoisotopic (exact) mass is 235 g/mol. The third kappa shape index (κ3) is 1.46. The summed E-state index contributed by atoms with van der Waals surface area (Å²) in [6.07, 6.45) is 0. The molecule has 88 valence electrons. The fourth-order valence-corrected chi connectivity index (χ4v) is 2.30. The van der Waals surface area contributed by atoms with Gasteiger partial charge in [0.1, 0.15) is 0 Å². The molecule has 0 atom stereocenters. The van der Waals surface area contributed by atoms with Gasteiger partial charge in [-0.2, -0.15) is 0 Å². The second-order valence-corrected chi connectivity index (χ2v) is 4.47. The summed E-state index contributed by atoms with van der Waals surface area (Å²) in [5, 5.41) is 0. The van der Waals surface area contributed by atoms with Gasteiger partial charge in [0.2, 0.25) is 0 Å². The third-order valence-electron chi connectivity index (χ3n) is 3.20. The Balaban J connectivity index is 2.13. The van der Waals surface area contributed by atoms with Gasteiger partial charge in [0.15, 0.2) is 0 Å². The van der Waals surface area contributed by atoms with E-state index in [0.717, 1.165) is 28.1 Å². The number of amides is 1. The number of anilines is 1. The summed E-state index contributed by atoms with van der Waals surface area (Å²) in [7, 11) is 0. The van der Waals surface area contributed by atoms with E-state index in [2.05, 4.69) is 6.58 Å². The number of nitrogens with zero attached hydrogens (tertiary/aromatic N) is 1. The molecule has 0 spiro atoms. The van der Waals surface area contributed by atoms with Crippen molar-refractivity contribution in [3.8, 4) is 0 Å². The van der Waals surface area contributed by atoms with Crippen LogP contribution in [0.25, 0.3) is 5.70 Å². The number of carbonyl (C=O) groups is 1. The minimum Gasteiger partial charge on any atom is -0.277 e. The van der Waals surface area contributed by atoms with Gasteiger partial charge in [0.25, 0.3) is 5.91 Å². The van der Waals surface area contributed by atoms with Crippen molar-refractivity contribution in [2.24, 2.45) is 0 Å². The molecule has 2 aromatic carbocycles. The number of aryl methyl sites for hydroxylation is 1. The van der Waals surface area contributed by atoms with Crippen LogP contribution in [-0.2, 0) is 0 Å². The average Bonchev–Trinajstić information content (AvgIpc) is 2.63. The Morgan fingerprint density at radius 2 is 1.72 bits per heavy atom. The number of carbonyl (C=O) groups excluding carboxylic acids is 1. The summed E-state index contributed by atoms with van der Waals surface area (Å²) < 4.78 is 0. The summed E-state index contributed by atoms with van der Waals surface area (Å²) >= 11 is 0. The molecule has 0 aromatic heterocycles. The van der Waals surface area contributed by atoms with Crippen molar-refractivity contribution in [2.45, 2.75) is 6.92 Å². The third-order valence-corrected chi connectivity index (χ3v) is 3.20. The van der Waals surface area contributed by atoms with Gasteiger partial charge in [-0.3, -0.25) is 9.69 Å². The summed E-state index contributed by atoms with van der Waals surface area (Å²) in [5.74, 6) is 0.00454. The highest BCUT2D eigenvalue weighted by atomic mass is 16.2. The normalized spacial score (nSPS) is 13.9. The first-order valence-electron chi connectivity index (χ1n) is 5.88. The molecule has 18 heavy (non-hydrogen) atoms. The van der Waals surface area contributed by atoms with E-state index in [1.807, 2.05) is 55.5 Å². The Morgan fingerprint density at radius 3 is 2.44 bits per heavy atom. The highest BCUT2D eigenvalue weighted by Gasteiger charge is 2.31. The van der Waals surface area contributed by atoms with Crippen LogP contribution >= 0.6 is 0 Å². The molecule has 3 rings (SSSR count). The van der Waals surface area contributed by atoms with Crippen molar-refractivity contribution >= 4 is 17.3 Å². The van der Waals surface area contributed by atoms with Crippen LogP contribution in [0, 0.1) is 6.92 Å². The van der Waals surface area contributed by atoms with Crippen molar-refractivity contribution in [3.63, 3.8) is 0 Å². The lowest BCUT2D eigenvalue weighted by atomic mass is 10.1. The van der Waals surface area contributed by atoms with E-state index in [1.165, 1.54) is 0 Å². The van der Waals surface area contributed by atoms with Gasteiger partial charge in [-0.15, -0.1) is 0 Å². The molecular weight excluding hydrogens is 222 g/mol. The summed E-state index contributed by atoms with van der Waals surface area (Å²) in [6, 6.07) is 15.5. The molecule has 0 N–H and O–H groups in total. The van der Waals surface area contributed by atoms with E-state index in [9.17, 15) is 4.79 Å². The van der Waals surface area contributed by atoms with Gasteiger partial charge in [-0.05, 0) is 25.1 Å². The molecule has 1 aliphatic rings. The van der Waals surface area contributed by atoms with Crippen LogP contribution < -0.4 is 4.90 Å². The second kappa shape index (κ2) is 3.84. The number of hydrogen-bond acceptors (Lipinski definition) is 1. The number of fused-ring (bicyclic) bond motifs is 1. The first kappa shape index (κ1) is 10.8. The van der Waals surface area contributed by atoms with E-state index in [0.29, 0.717) is 0 Å². The predicted octanol–water partition coefficient (Wildman–Crippen LogP) is 3.63. The van der Waals surface area contributed by atoms with Crippen LogP contribution in [0.15, 0.2) is 55.1 Å². The minimum atomic E-state index is 0.00454. The summed E-state index contributed by atoms with van der Waals surface area (Å²) in [4.78, 5) is 14.1. The molecule has 1 heterocycles. The van der Waals surface area contributed by atoms with Crippen molar-refractivity contribution in [1.82, 2.24) is 0 Å². The topological polar surface area (TPSA) is 20.3 Å². The molecule has 2 aromatic rings. The average molecular weight is 235 g/mol. The van der Waals surface area contributed by atoms with E-state index >= 15 is 0 Å². The largest absolute Gasteiger partial charge is 0.277 e. The SMILES string of the molecule is C=C1c2ccc(C)cc2C(=O)N1c1ccccc1. The van der Waals surface area contributed by atoms with Gasteiger partial charge < -0.3 is 0 Å². The maximum absolute atomic E-state index is 12.4. The standard InChI is InChI=1S/C16H13NO/c1-11-8-9-14-12(2)17(16(18)15(14)10-11)13-6-4-3-5-7-13/h3-10H,2H2,1H3. The first-order chi connectivity index (χ1) is 8.68. The lowest BCUT2D eigenvalue weighted by Gasteiger charge is -2.17. The Hall–Kier alpha value is -2.35. The molecule has 0 saturated carbocycles. The lowest BCUT2D eigenvalue weighted by Crippen LogP contribution is -2.21. The van der Waals surface area contributed by atoms with E-state index in [-0.39, 0.29) is 5.91 Å². The van der Waals surface area contributed by atoms with Crippen LogP contribution in [0.3, 0.4) is 0 Å². The van der Waals surface area contributed by atoms with E-state index in [1.54, 1.807) is 4.90 Å². The Labute approximate surface area is 106 Å². The Bertz CT molecular complexity index is 643. The molecule has 2 nitrogen and oxygen atoms in total. The predicted molar refractivity (Wildman–Crippen MR) is 73.5 cm³/mol. The van der Waals surface area contributed by atoms with Crippen LogP contribution in [0.1, 0.15) is 21.5 Å². The minimum absolute atomic E-state index is 0.00454. The highest BCUT2D eigenvalue weighted by molar-refractivity contribution is 6.22. The van der Waals surface area contributed by atoms with Gasteiger partial charge in [0, 0.05) is 16.8 Å². The number of rotatable bonds is 1. The second-order valence-electron chi connectivity index (χ2n) is 4.47. The first-order valence-corrected chi connectivity index (χ1v) is 5.88. The van der Waals surface area contributed by atoms with E-state index in [4.69, 9.17) is 0 Å². The lowest BCUT2D eigenvalue weighted by molar-refractivity contribution is 0.101. The molecular formula is C16H13NO. The van der Waals surface area contributed by atoms with Crippen LogP contribution in [-0.4, -0.2) is 5.91 Å². The highest BCUT2D eigenvalue weighted by Crippen LogP contribution is 2.35. The number of para-hydroxylation sites is 1. The Morgan fingerprint density at radius 1 is 1.00 bits per heavy atom. The maximum Gasteiger partial charge on any atom is 0.263 e. The molecule has 0 radical (unpaired) electrons. The van der Waals surface area contributed by atoms with Gasteiger partial charge in [-0.1, -0.05) is 42.5 Å². The molecule has 0 aliphatic carbocycles. The molecule has 1 amide bonds. The van der Waals surface area contributed by atoms with Gasteiger partial charge >= 0.3 is 0 Å². The van der Waals surface area contributed by atoms with Crippen molar-refractivity contribution in [3.05, 3.63) is 71.8 Å². The zero-order valence-corrected chi connectivity index (χ0v) is 10.2.